The SMILES string of the molecule is Cc1ccc([C@](O)(C(F)(F)F)[C@](O)(c2ccc(C)cc2)C(F)(F)F)cc1. The van der Waals surface area contributed by atoms with Gasteiger partial charge in [-0.05, 0) is 25.0 Å². The number of aryl methyl sites for hydroxylation is 2. The summed E-state index contributed by atoms with van der Waals surface area (Å²) in [5.74, 6) is 0. The number of hydrogen-bond donors (Lipinski definition) is 2. The van der Waals surface area contributed by atoms with Crippen molar-refractivity contribution in [3.8, 4) is 0 Å². The highest BCUT2D eigenvalue weighted by Crippen LogP contribution is 2.57. The number of benzene rings is 2. The van der Waals surface area contributed by atoms with Crippen molar-refractivity contribution in [1.29, 1.82) is 0 Å². The van der Waals surface area contributed by atoms with Gasteiger partial charge < -0.3 is 10.2 Å². The Balaban J connectivity index is 2.88. The van der Waals surface area contributed by atoms with Crippen LogP contribution in [-0.2, 0) is 11.2 Å². The molecule has 0 saturated heterocycles. The van der Waals surface area contributed by atoms with E-state index in [0.29, 0.717) is 35.4 Å². The van der Waals surface area contributed by atoms with Crippen LogP contribution in [-0.4, -0.2) is 22.6 Å². The molecule has 2 nitrogen and oxygen atoms in total. The lowest BCUT2D eigenvalue weighted by Crippen LogP contribution is -2.65. The Labute approximate surface area is 145 Å². The van der Waals surface area contributed by atoms with Gasteiger partial charge in [0.15, 0.2) is 0 Å². The minimum atomic E-state index is -5.82. The molecule has 0 amide bonds. The maximum absolute atomic E-state index is 13.8. The first kappa shape index (κ1) is 20.3. The van der Waals surface area contributed by atoms with Gasteiger partial charge in [0.2, 0.25) is 11.2 Å². The van der Waals surface area contributed by atoms with Gasteiger partial charge in [-0.15, -0.1) is 0 Å². The quantitative estimate of drug-likeness (QED) is 0.772. The molecule has 8 heteroatoms. The predicted octanol–water partition coefficient (Wildman–Crippen LogP) is 4.50. The van der Waals surface area contributed by atoms with E-state index in [1.807, 2.05) is 0 Å². The second-order valence-corrected chi connectivity index (χ2v) is 6.15. The molecule has 142 valence electrons. The highest BCUT2D eigenvalue weighted by Gasteiger charge is 2.77. The third-order valence-corrected chi connectivity index (χ3v) is 4.28. The van der Waals surface area contributed by atoms with Gasteiger partial charge in [0.05, 0.1) is 0 Å². The lowest BCUT2D eigenvalue weighted by Gasteiger charge is -2.45. The topological polar surface area (TPSA) is 40.5 Å². The Morgan fingerprint density at radius 3 is 0.962 bits per heavy atom. The van der Waals surface area contributed by atoms with Crippen LogP contribution < -0.4 is 0 Å². The summed E-state index contributed by atoms with van der Waals surface area (Å²) in [5, 5.41) is 20.8. The maximum Gasteiger partial charge on any atom is 0.425 e. The maximum atomic E-state index is 13.8. The highest BCUT2D eigenvalue weighted by molar-refractivity contribution is 5.39. The first-order valence-electron chi connectivity index (χ1n) is 7.47. The molecule has 0 radical (unpaired) electrons. The van der Waals surface area contributed by atoms with E-state index in [0.717, 1.165) is 24.3 Å². The molecule has 0 aliphatic heterocycles. The van der Waals surface area contributed by atoms with Crippen LogP contribution in [0, 0.1) is 13.8 Å². The Bertz CT molecular complexity index is 697. The van der Waals surface area contributed by atoms with Crippen molar-refractivity contribution in [1.82, 2.24) is 0 Å². The molecule has 2 aromatic rings. The Hall–Kier alpha value is -2.06. The van der Waals surface area contributed by atoms with Crippen molar-refractivity contribution in [3.05, 3.63) is 70.8 Å². The summed E-state index contributed by atoms with van der Waals surface area (Å²) in [7, 11) is 0. The van der Waals surface area contributed by atoms with Gasteiger partial charge in [-0.3, -0.25) is 0 Å². The Morgan fingerprint density at radius 2 is 0.769 bits per heavy atom. The van der Waals surface area contributed by atoms with Gasteiger partial charge in [-0.1, -0.05) is 59.7 Å². The van der Waals surface area contributed by atoms with E-state index in [9.17, 15) is 36.6 Å². The van der Waals surface area contributed by atoms with Crippen LogP contribution in [0.15, 0.2) is 48.5 Å². The van der Waals surface area contributed by atoms with Crippen LogP contribution in [0.1, 0.15) is 22.3 Å². The summed E-state index contributed by atoms with van der Waals surface area (Å²) in [5.41, 5.74) is -10.5. The van der Waals surface area contributed by atoms with Gasteiger partial charge in [0, 0.05) is 0 Å². The molecule has 0 bridgehead atoms. The summed E-state index contributed by atoms with van der Waals surface area (Å²) in [6.45, 7) is 3.04. The molecular weight excluding hydrogens is 362 g/mol. The Kier molecular flexibility index (Phi) is 4.89. The van der Waals surface area contributed by atoms with Crippen molar-refractivity contribution in [2.75, 3.05) is 0 Å². The van der Waals surface area contributed by atoms with Crippen LogP contribution in [0.25, 0.3) is 0 Å². The van der Waals surface area contributed by atoms with E-state index in [-0.39, 0.29) is 0 Å². The van der Waals surface area contributed by atoms with Crippen molar-refractivity contribution >= 4 is 0 Å². The molecular formula is C18H16F6O2. The minimum absolute atomic E-state index is 0.476. The highest BCUT2D eigenvalue weighted by atomic mass is 19.4. The summed E-state index contributed by atoms with van der Waals surface area (Å²) in [6, 6.07) is 7.36. The average Bonchev–Trinajstić information content (AvgIpc) is 2.52. The molecule has 0 spiro atoms. The summed E-state index contributed by atoms with van der Waals surface area (Å²) in [4.78, 5) is 0. The molecule has 0 fully saturated rings. The van der Waals surface area contributed by atoms with Crippen molar-refractivity contribution in [2.24, 2.45) is 0 Å². The molecule has 0 aliphatic rings. The van der Waals surface area contributed by atoms with Crippen LogP contribution in [0.4, 0.5) is 26.3 Å². The van der Waals surface area contributed by atoms with E-state index in [1.54, 1.807) is 0 Å². The van der Waals surface area contributed by atoms with Crippen LogP contribution in [0.2, 0.25) is 0 Å². The fourth-order valence-electron chi connectivity index (χ4n) is 2.74. The van der Waals surface area contributed by atoms with Crippen molar-refractivity contribution < 1.29 is 36.6 Å². The smallest absolute Gasteiger partial charge is 0.374 e. The monoisotopic (exact) mass is 378 g/mol. The zero-order valence-electron chi connectivity index (χ0n) is 13.8. The normalized spacial score (nSPS) is 17.5. The predicted molar refractivity (Wildman–Crippen MR) is 82.3 cm³/mol. The summed E-state index contributed by atoms with van der Waals surface area (Å²) < 4.78 is 82.6. The number of alkyl halides is 6. The number of halogens is 6. The zero-order chi connectivity index (χ0) is 20.0. The molecule has 0 aliphatic carbocycles. The van der Waals surface area contributed by atoms with Crippen LogP contribution in [0.3, 0.4) is 0 Å². The third kappa shape index (κ3) is 2.97. The minimum Gasteiger partial charge on any atom is -0.374 e. The van der Waals surface area contributed by atoms with Crippen molar-refractivity contribution in [3.63, 3.8) is 0 Å². The Morgan fingerprint density at radius 1 is 0.538 bits per heavy atom. The molecule has 0 heterocycles. The van der Waals surface area contributed by atoms with Gasteiger partial charge >= 0.3 is 12.4 Å². The van der Waals surface area contributed by atoms with Crippen LogP contribution in [0.5, 0.6) is 0 Å². The van der Waals surface area contributed by atoms with Crippen molar-refractivity contribution in [2.45, 2.75) is 37.4 Å². The molecule has 2 aromatic carbocycles. The lowest BCUT2D eigenvalue weighted by molar-refractivity contribution is -0.399. The van der Waals surface area contributed by atoms with Gasteiger partial charge in [-0.2, -0.15) is 26.3 Å². The number of rotatable bonds is 3. The molecule has 2 rings (SSSR count). The van der Waals surface area contributed by atoms with Gasteiger partial charge in [0.25, 0.3) is 0 Å². The molecule has 26 heavy (non-hydrogen) atoms. The fraction of sp³-hybridized carbons (Fsp3) is 0.333. The largest absolute Gasteiger partial charge is 0.425 e. The average molecular weight is 378 g/mol. The summed E-state index contributed by atoms with van der Waals surface area (Å²) in [6.07, 6.45) is -11.6. The van der Waals surface area contributed by atoms with Gasteiger partial charge in [-0.25, -0.2) is 0 Å². The van der Waals surface area contributed by atoms with Crippen LogP contribution >= 0.6 is 0 Å². The summed E-state index contributed by atoms with van der Waals surface area (Å²) >= 11 is 0. The van der Waals surface area contributed by atoms with E-state index in [1.165, 1.54) is 13.8 Å². The van der Waals surface area contributed by atoms with E-state index < -0.39 is 34.7 Å². The second-order valence-electron chi connectivity index (χ2n) is 6.15. The zero-order valence-corrected chi connectivity index (χ0v) is 13.8. The molecule has 2 N–H and O–H groups in total. The molecule has 0 unspecified atom stereocenters. The first-order chi connectivity index (χ1) is 11.7. The fourth-order valence-corrected chi connectivity index (χ4v) is 2.74. The molecule has 0 saturated carbocycles. The standard InChI is InChI=1S/C18H16F6O2/c1-11-3-7-13(8-4-11)15(25,17(19,20)21)16(26,18(22,23)24)14-9-5-12(2)6-10-14/h3-10,25-26H,1-2H3/t15-,16-/m1/s1. The number of aliphatic hydroxyl groups is 2. The van der Waals surface area contributed by atoms with Gasteiger partial charge in [0.1, 0.15) is 0 Å². The number of hydrogen-bond acceptors (Lipinski definition) is 2. The van der Waals surface area contributed by atoms with E-state index >= 15 is 0 Å². The first-order valence-corrected chi connectivity index (χ1v) is 7.47. The third-order valence-electron chi connectivity index (χ3n) is 4.28. The molecule has 2 atom stereocenters. The second kappa shape index (κ2) is 6.28. The van der Waals surface area contributed by atoms with E-state index in [4.69, 9.17) is 0 Å². The molecule has 0 aromatic heterocycles. The lowest BCUT2D eigenvalue weighted by atomic mass is 9.72. The van der Waals surface area contributed by atoms with E-state index in [2.05, 4.69) is 0 Å².